The van der Waals surface area contributed by atoms with Gasteiger partial charge in [-0.05, 0) is 18.9 Å². The highest BCUT2D eigenvalue weighted by molar-refractivity contribution is 5.97. The normalized spacial score (nSPS) is 21.2. The second kappa shape index (κ2) is 5.52. The summed E-state index contributed by atoms with van der Waals surface area (Å²) in [6, 6.07) is 0.575. The molecule has 0 bridgehead atoms. The summed E-state index contributed by atoms with van der Waals surface area (Å²) in [6.45, 7) is 0. The van der Waals surface area contributed by atoms with Crippen molar-refractivity contribution < 1.29 is 23.5 Å². The number of nitrogens with one attached hydrogen (secondary N) is 1. The number of carbonyl (C=O) groups excluding carboxylic acids is 1. The molecule has 0 aromatic carbocycles. The molecule has 1 fully saturated rings. The number of hydrogen-bond acceptors (Lipinski definition) is 3. The molecule has 2 rings (SSSR count). The van der Waals surface area contributed by atoms with Gasteiger partial charge in [-0.15, -0.1) is 0 Å². The first kappa shape index (κ1) is 14.4. The van der Waals surface area contributed by atoms with Crippen LogP contribution in [0.25, 0.3) is 0 Å². The minimum absolute atomic E-state index is 0.0544. The average Bonchev–Trinajstić information content (AvgIpc) is 2.37. The summed E-state index contributed by atoms with van der Waals surface area (Å²) in [4.78, 5) is 26.3. The Hall–Kier alpha value is -2.05. The van der Waals surface area contributed by atoms with Crippen LogP contribution in [0, 0.1) is 0 Å². The number of aromatic nitrogens is 1. The molecule has 1 aliphatic carbocycles. The third-order valence-electron chi connectivity index (χ3n) is 3.22. The van der Waals surface area contributed by atoms with Gasteiger partial charge in [0.1, 0.15) is 0 Å². The van der Waals surface area contributed by atoms with Crippen molar-refractivity contribution in [1.82, 2.24) is 10.3 Å². The lowest BCUT2D eigenvalue weighted by molar-refractivity contribution is -0.0429. The molecule has 1 saturated carbocycles. The van der Waals surface area contributed by atoms with Crippen LogP contribution in [-0.4, -0.2) is 33.9 Å². The zero-order valence-electron chi connectivity index (χ0n) is 10.6. The maximum atomic E-state index is 13.2. The van der Waals surface area contributed by atoms with E-state index in [4.69, 9.17) is 5.11 Å². The van der Waals surface area contributed by atoms with Crippen molar-refractivity contribution in [2.75, 3.05) is 0 Å². The summed E-state index contributed by atoms with van der Waals surface area (Å²) in [7, 11) is 0. The highest BCUT2D eigenvalue weighted by Crippen LogP contribution is 2.33. The van der Waals surface area contributed by atoms with Gasteiger partial charge in [-0.3, -0.25) is 9.78 Å². The van der Waals surface area contributed by atoms with Crippen molar-refractivity contribution in [3.63, 3.8) is 0 Å². The van der Waals surface area contributed by atoms with E-state index in [1.807, 2.05) is 0 Å². The Labute approximate surface area is 114 Å². The fraction of sp³-hybridized carbons (Fsp3) is 0.462. The molecule has 20 heavy (non-hydrogen) atoms. The van der Waals surface area contributed by atoms with Gasteiger partial charge in [0.25, 0.3) is 5.91 Å². The average molecular weight is 284 g/mol. The van der Waals surface area contributed by atoms with Gasteiger partial charge < -0.3 is 10.4 Å². The lowest BCUT2D eigenvalue weighted by atomic mass is 9.92. The van der Waals surface area contributed by atoms with E-state index in [0.717, 1.165) is 6.20 Å². The van der Waals surface area contributed by atoms with Crippen molar-refractivity contribution in [2.45, 2.75) is 37.6 Å². The number of hydrogen-bond donors (Lipinski definition) is 2. The standard InChI is InChI=1S/C13H14F2N2O3/c14-13(15)3-1-2-10(5-13)17-11(18)8-4-9(12(19)20)7-16-6-8/h4,6-7,10H,1-3,5H2,(H,17,18)(H,19,20). The van der Waals surface area contributed by atoms with Crippen LogP contribution in [0.2, 0.25) is 0 Å². The van der Waals surface area contributed by atoms with E-state index in [-0.39, 0.29) is 24.0 Å². The van der Waals surface area contributed by atoms with Crippen LogP contribution in [-0.2, 0) is 0 Å². The number of aromatic carboxylic acids is 1. The van der Waals surface area contributed by atoms with Crippen molar-refractivity contribution in [3.8, 4) is 0 Å². The Kier molecular flexibility index (Phi) is 3.96. The first-order valence-corrected chi connectivity index (χ1v) is 6.24. The van der Waals surface area contributed by atoms with Gasteiger partial charge >= 0.3 is 5.97 Å². The van der Waals surface area contributed by atoms with Crippen molar-refractivity contribution in [3.05, 3.63) is 29.6 Å². The van der Waals surface area contributed by atoms with Crippen LogP contribution in [0.5, 0.6) is 0 Å². The SMILES string of the molecule is O=C(O)c1cncc(C(=O)NC2CCCC(F)(F)C2)c1. The number of halogens is 2. The number of pyridine rings is 1. The van der Waals surface area contributed by atoms with Crippen LogP contribution >= 0.6 is 0 Å². The minimum Gasteiger partial charge on any atom is -0.478 e. The summed E-state index contributed by atoms with van der Waals surface area (Å²) in [5, 5.41) is 11.3. The zero-order chi connectivity index (χ0) is 14.8. The van der Waals surface area contributed by atoms with Gasteiger partial charge in [0.15, 0.2) is 0 Å². The summed E-state index contributed by atoms with van der Waals surface area (Å²) in [5.74, 6) is -4.53. The first-order valence-electron chi connectivity index (χ1n) is 6.24. The topological polar surface area (TPSA) is 79.3 Å². The Bertz CT molecular complexity index is 534. The lowest BCUT2D eigenvalue weighted by Gasteiger charge is -2.29. The fourth-order valence-corrected chi connectivity index (χ4v) is 2.24. The molecule has 5 nitrogen and oxygen atoms in total. The van der Waals surface area contributed by atoms with Gasteiger partial charge in [-0.1, -0.05) is 0 Å². The quantitative estimate of drug-likeness (QED) is 0.890. The molecule has 108 valence electrons. The van der Waals surface area contributed by atoms with Crippen LogP contribution in [0.1, 0.15) is 46.4 Å². The van der Waals surface area contributed by atoms with Crippen molar-refractivity contribution >= 4 is 11.9 Å². The Balaban J connectivity index is 2.05. The predicted molar refractivity (Wildman–Crippen MR) is 65.9 cm³/mol. The molecule has 1 atom stereocenters. The lowest BCUT2D eigenvalue weighted by Crippen LogP contribution is -2.42. The van der Waals surface area contributed by atoms with E-state index in [2.05, 4.69) is 10.3 Å². The third kappa shape index (κ3) is 3.49. The molecule has 1 aromatic heterocycles. The van der Waals surface area contributed by atoms with Gasteiger partial charge in [-0.2, -0.15) is 0 Å². The molecule has 1 aromatic rings. The Morgan fingerprint density at radius 2 is 2.05 bits per heavy atom. The van der Waals surface area contributed by atoms with Gasteiger partial charge in [0.2, 0.25) is 5.92 Å². The van der Waals surface area contributed by atoms with Gasteiger partial charge in [-0.25, -0.2) is 13.6 Å². The van der Waals surface area contributed by atoms with Crippen LogP contribution in [0.3, 0.4) is 0 Å². The highest BCUT2D eigenvalue weighted by atomic mass is 19.3. The molecule has 2 N–H and O–H groups in total. The summed E-state index contributed by atoms with van der Waals surface area (Å²) < 4.78 is 26.5. The number of carboxylic acid groups (broad SMARTS) is 1. The second-order valence-electron chi connectivity index (χ2n) is 4.89. The molecule has 7 heteroatoms. The van der Waals surface area contributed by atoms with Crippen molar-refractivity contribution in [2.24, 2.45) is 0 Å². The Morgan fingerprint density at radius 1 is 1.35 bits per heavy atom. The molecule has 0 spiro atoms. The minimum atomic E-state index is -2.75. The van der Waals surface area contributed by atoms with Crippen molar-refractivity contribution in [1.29, 1.82) is 0 Å². The molecular formula is C13H14F2N2O3. The van der Waals surface area contributed by atoms with Crippen LogP contribution < -0.4 is 5.32 Å². The maximum absolute atomic E-state index is 13.2. The molecular weight excluding hydrogens is 270 g/mol. The number of alkyl halides is 2. The predicted octanol–water partition coefficient (Wildman–Crippen LogP) is 2.09. The monoisotopic (exact) mass is 284 g/mol. The fourth-order valence-electron chi connectivity index (χ4n) is 2.24. The molecule has 0 saturated heterocycles. The van der Waals surface area contributed by atoms with E-state index in [0.29, 0.717) is 12.8 Å². The summed E-state index contributed by atoms with van der Waals surface area (Å²) in [5.41, 5.74) is -0.0644. The third-order valence-corrected chi connectivity index (χ3v) is 3.22. The van der Waals surface area contributed by atoms with E-state index >= 15 is 0 Å². The summed E-state index contributed by atoms with van der Waals surface area (Å²) >= 11 is 0. The van der Waals surface area contributed by atoms with Gasteiger partial charge in [0, 0.05) is 31.3 Å². The molecule has 1 amide bonds. The Morgan fingerprint density at radius 3 is 2.70 bits per heavy atom. The molecule has 0 aliphatic heterocycles. The number of carbonyl (C=O) groups is 2. The highest BCUT2D eigenvalue weighted by Gasteiger charge is 2.36. The number of amides is 1. The molecule has 0 radical (unpaired) electrons. The van der Waals surface area contributed by atoms with Crippen LogP contribution in [0.4, 0.5) is 8.78 Å². The zero-order valence-corrected chi connectivity index (χ0v) is 10.6. The van der Waals surface area contributed by atoms with Crippen LogP contribution in [0.15, 0.2) is 18.5 Å². The largest absolute Gasteiger partial charge is 0.478 e. The summed E-state index contributed by atoms with van der Waals surface area (Å²) in [6.07, 6.45) is 2.63. The van der Waals surface area contributed by atoms with E-state index in [9.17, 15) is 18.4 Å². The molecule has 1 heterocycles. The second-order valence-corrected chi connectivity index (χ2v) is 4.89. The smallest absolute Gasteiger partial charge is 0.337 e. The van der Waals surface area contributed by atoms with E-state index in [1.54, 1.807) is 0 Å². The number of rotatable bonds is 3. The molecule has 1 aliphatic rings. The maximum Gasteiger partial charge on any atom is 0.337 e. The van der Waals surface area contributed by atoms with E-state index < -0.39 is 23.8 Å². The first-order chi connectivity index (χ1) is 9.37. The van der Waals surface area contributed by atoms with Gasteiger partial charge in [0.05, 0.1) is 11.1 Å². The molecule has 1 unspecified atom stereocenters. The number of carboxylic acids is 1. The van der Waals surface area contributed by atoms with E-state index in [1.165, 1.54) is 12.3 Å². The number of nitrogens with zero attached hydrogens (tertiary/aromatic N) is 1.